The summed E-state index contributed by atoms with van der Waals surface area (Å²) >= 11 is 7.02. The molecule has 0 saturated carbocycles. The second-order valence-electron chi connectivity index (χ2n) is 2.31. The third-order valence-corrected chi connectivity index (χ3v) is 2.20. The molecule has 2 aromatic heterocycles. The van der Waals surface area contributed by atoms with Gasteiger partial charge in [-0.2, -0.15) is 0 Å². The van der Waals surface area contributed by atoms with Gasteiger partial charge < -0.3 is 4.42 Å². The van der Waals surface area contributed by atoms with E-state index < -0.39 is 0 Å². The van der Waals surface area contributed by atoms with Crippen molar-refractivity contribution in [3.05, 3.63) is 16.8 Å². The monoisotopic (exact) mass is 215 g/mol. The Hall–Kier alpha value is -0.940. The Bertz CT molecular complexity index is 373. The lowest BCUT2D eigenvalue weighted by molar-refractivity contribution is 0.512. The molecular weight excluding hydrogens is 210 g/mol. The highest BCUT2D eigenvalue weighted by atomic mass is 35.5. The fourth-order valence-corrected chi connectivity index (χ4v) is 1.54. The molecule has 0 spiro atoms. The summed E-state index contributed by atoms with van der Waals surface area (Å²) in [5.41, 5.74) is 2.44. The van der Waals surface area contributed by atoms with Crippen molar-refractivity contribution in [2.45, 2.75) is 6.42 Å². The molecule has 0 aliphatic rings. The van der Waals surface area contributed by atoms with Gasteiger partial charge in [-0.1, -0.05) is 0 Å². The minimum Gasteiger partial charge on any atom is -0.419 e. The smallest absolute Gasteiger partial charge is 0.267 e. The molecule has 0 fully saturated rings. The SMILES string of the molecule is ClCCc1nnc(-c2cscn2)o1. The van der Waals surface area contributed by atoms with Crippen LogP contribution < -0.4 is 0 Å². The van der Waals surface area contributed by atoms with E-state index in [2.05, 4.69) is 15.2 Å². The number of alkyl halides is 1. The van der Waals surface area contributed by atoms with Crippen LogP contribution in [0.25, 0.3) is 11.6 Å². The van der Waals surface area contributed by atoms with Gasteiger partial charge in [-0.25, -0.2) is 4.98 Å². The summed E-state index contributed by atoms with van der Waals surface area (Å²) in [6.45, 7) is 0. The molecule has 0 saturated heterocycles. The van der Waals surface area contributed by atoms with Gasteiger partial charge in [0.05, 0.1) is 5.51 Å². The first kappa shape index (κ1) is 8.65. The van der Waals surface area contributed by atoms with Crippen LogP contribution in [0.5, 0.6) is 0 Å². The first-order chi connectivity index (χ1) is 6.40. The van der Waals surface area contributed by atoms with Gasteiger partial charge >= 0.3 is 0 Å². The molecule has 4 nitrogen and oxygen atoms in total. The van der Waals surface area contributed by atoms with Crippen molar-refractivity contribution in [3.63, 3.8) is 0 Å². The van der Waals surface area contributed by atoms with Gasteiger partial charge in [0.15, 0.2) is 0 Å². The van der Waals surface area contributed by atoms with Gasteiger partial charge in [0.25, 0.3) is 5.89 Å². The summed E-state index contributed by atoms with van der Waals surface area (Å²) in [5, 5.41) is 9.53. The van der Waals surface area contributed by atoms with E-state index in [0.29, 0.717) is 24.1 Å². The Morgan fingerprint density at radius 1 is 1.46 bits per heavy atom. The number of rotatable bonds is 3. The zero-order valence-corrected chi connectivity index (χ0v) is 8.18. The van der Waals surface area contributed by atoms with Crippen molar-refractivity contribution in [3.8, 4) is 11.6 Å². The first-order valence-corrected chi connectivity index (χ1v) is 5.15. The predicted octanol–water partition coefficient (Wildman–Crippen LogP) is 1.97. The Morgan fingerprint density at radius 3 is 3.08 bits per heavy atom. The summed E-state index contributed by atoms with van der Waals surface area (Å²) < 4.78 is 5.31. The number of aryl methyl sites for hydroxylation is 1. The van der Waals surface area contributed by atoms with E-state index in [1.807, 2.05) is 5.38 Å². The summed E-state index contributed by atoms with van der Waals surface area (Å²) in [7, 11) is 0. The van der Waals surface area contributed by atoms with Crippen LogP contribution in [0.15, 0.2) is 15.3 Å². The highest BCUT2D eigenvalue weighted by Gasteiger charge is 2.08. The zero-order chi connectivity index (χ0) is 9.10. The molecule has 2 aromatic rings. The second kappa shape index (κ2) is 3.85. The average molecular weight is 216 g/mol. The van der Waals surface area contributed by atoms with Gasteiger partial charge in [0, 0.05) is 17.7 Å². The van der Waals surface area contributed by atoms with Crippen LogP contribution in [0.4, 0.5) is 0 Å². The molecule has 0 bridgehead atoms. The van der Waals surface area contributed by atoms with E-state index in [1.165, 1.54) is 11.3 Å². The second-order valence-corrected chi connectivity index (χ2v) is 3.41. The lowest BCUT2D eigenvalue weighted by Crippen LogP contribution is -1.84. The van der Waals surface area contributed by atoms with Crippen LogP contribution in [0.2, 0.25) is 0 Å². The van der Waals surface area contributed by atoms with Crippen molar-refractivity contribution in [2.75, 3.05) is 5.88 Å². The molecule has 2 rings (SSSR count). The molecular formula is C7H6ClN3OS. The molecule has 0 aliphatic heterocycles. The van der Waals surface area contributed by atoms with Crippen LogP contribution in [0, 0.1) is 0 Å². The maximum absolute atomic E-state index is 5.53. The summed E-state index contributed by atoms with van der Waals surface area (Å²) in [4.78, 5) is 4.05. The maximum atomic E-state index is 5.53. The van der Waals surface area contributed by atoms with Gasteiger partial charge in [-0.05, 0) is 0 Å². The molecule has 2 heterocycles. The number of halogens is 1. The fraction of sp³-hybridized carbons (Fsp3) is 0.286. The third kappa shape index (κ3) is 1.87. The van der Waals surface area contributed by atoms with E-state index in [4.69, 9.17) is 16.0 Å². The Morgan fingerprint density at radius 2 is 2.38 bits per heavy atom. The summed E-state index contributed by atoms with van der Waals surface area (Å²) in [5.74, 6) is 1.50. The molecule has 68 valence electrons. The normalized spacial score (nSPS) is 10.5. The van der Waals surface area contributed by atoms with E-state index in [-0.39, 0.29) is 0 Å². The molecule has 0 aliphatic carbocycles. The van der Waals surface area contributed by atoms with Gasteiger partial charge in [0.1, 0.15) is 5.69 Å². The van der Waals surface area contributed by atoms with Gasteiger partial charge in [0.2, 0.25) is 5.89 Å². The van der Waals surface area contributed by atoms with Crippen LogP contribution in [0.3, 0.4) is 0 Å². The lowest BCUT2D eigenvalue weighted by Gasteiger charge is -1.85. The number of nitrogens with zero attached hydrogens (tertiary/aromatic N) is 3. The quantitative estimate of drug-likeness (QED) is 0.735. The molecule has 0 atom stereocenters. The summed E-state index contributed by atoms with van der Waals surface area (Å²) in [6, 6.07) is 0. The van der Waals surface area contributed by atoms with E-state index >= 15 is 0 Å². The molecule has 13 heavy (non-hydrogen) atoms. The minimum absolute atomic E-state index is 0.460. The van der Waals surface area contributed by atoms with Crippen molar-refractivity contribution in [1.29, 1.82) is 0 Å². The number of aromatic nitrogens is 3. The van der Waals surface area contributed by atoms with Crippen LogP contribution in [0.1, 0.15) is 5.89 Å². The van der Waals surface area contributed by atoms with Crippen LogP contribution in [-0.4, -0.2) is 21.1 Å². The minimum atomic E-state index is 0.460. The van der Waals surface area contributed by atoms with Crippen LogP contribution in [-0.2, 0) is 6.42 Å². The molecule has 6 heteroatoms. The van der Waals surface area contributed by atoms with Gasteiger partial charge in [-0.15, -0.1) is 33.1 Å². The molecule has 0 amide bonds. The highest BCUT2D eigenvalue weighted by Crippen LogP contribution is 2.17. The van der Waals surface area contributed by atoms with Crippen molar-refractivity contribution >= 4 is 22.9 Å². The van der Waals surface area contributed by atoms with E-state index in [9.17, 15) is 0 Å². The maximum Gasteiger partial charge on any atom is 0.267 e. The van der Waals surface area contributed by atoms with Gasteiger partial charge in [-0.3, -0.25) is 0 Å². The topological polar surface area (TPSA) is 51.8 Å². The number of thiazole rings is 1. The molecule has 0 radical (unpaired) electrons. The molecule has 0 unspecified atom stereocenters. The number of hydrogen-bond donors (Lipinski definition) is 0. The molecule has 0 N–H and O–H groups in total. The van der Waals surface area contributed by atoms with E-state index in [1.54, 1.807) is 5.51 Å². The Balaban J connectivity index is 2.23. The standard InChI is InChI=1S/C7H6ClN3OS/c8-2-1-6-10-11-7(12-6)5-3-13-4-9-5/h3-4H,1-2H2. The third-order valence-electron chi connectivity index (χ3n) is 1.43. The molecule has 0 aromatic carbocycles. The predicted molar refractivity (Wildman–Crippen MR) is 49.8 cm³/mol. The van der Waals surface area contributed by atoms with E-state index in [0.717, 1.165) is 5.69 Å². The number of hydrogen-bond acceptors (Lipinski definition) is 5. The van der Waals surface area contributed by atoms with Crippen molar-refractivity contribution in [1.82, 2.24) is 15.2 Å². The van der Waals surface area contributed by atoms with Crippen LogP contribution >= 0.6 is 22.9 Å². The lowest BCUT2D eigenvalue weighted by atomic mass is 10.5. The Kier molecular flexibility index (Phi) is 2.56. The highest BCUT2D eigenvalue weighted by molar-refractivity contribution is 7.07. The van der Waals surface area contributed by atoms with Crippen molar-refractivity contribution in [2.24, 2.45) is 0 Å². The zero-order valence-electron chi connectivity index (χ0n) is 6.61. The Labute approximate surface area is 83.6 Å². The van der Waals surface area contributed by atoms with Crippen molar-refractivity contribution < 1.29 is 4.42 Å². The first-order valence-electron chi connectivity index (χ1n) is 3.67. The summed E-state index contributed by atoms with van der Waals surface area (Å²) in [6.07, 6.45) is 0.596. The fourth-order valence-electron chi connectivity index (χ4n) is 0.857. The average Bonchev–Trinajstić information content (AvgIpc) is 2.70. The largest absolute Gasteiger partial charge is 0.419 e.